The molecule has 1 heterocycles. The first-order valence-electron chi connectivity index (χ1n) is 7.11. The van der Waals surface area contributed by atoms with Crippen molar-refractivity contribution in [1.82, 2.24) is 0 Å². The maximum absolute atomic E-state index is 13.0. The maximum Gasteiger partial charge on any atom is 0.271 e. The Morgan fingerprint density at radius 2 is 1.78 bits per heavy atom. The molecule has 116 valence electrons. The summed E-state index contributed by atoms with van der Waals surface area (Å²) in [6, 6.07) is 11.6. The van der Waals surface area contributed by atoms with Crippen LogP contribution in [0.4, 0.5) is 10.1 Å². The minimum Gasteiger partial charge on any atom is -0.278 e. The second-order valence-electron chi connectivity index (χ2n) is 5.38. The Bertz CT molecular complexity index is 827. The number of carbonyl (C=O) groups excluding carboxylic acids is 1. The van der Waals surface area contributed by atoms with Crippen LogP contribution in [0.2, 0.25) is 0 Å². The fourth-order valence-corrected chi connectivity index (χ4v) is 3.16. The van der Waals surface area contributed by atoms with Gasteiger partial charge in [-0.2, -0.15) is 0 Å². The highest BCUT2D eigenvalue weighted by Gasteiger charge is 2.33. The summed E-state index contributed by atoms with van der Waals surface area (Å²) < 4.78 is 13.0. The van der Waals surface area contributed by atoms with Gasteiger partial charge in [-0.05, 0) is 72.6 Å². The van der Waals surface area contributed by atoms with Gasteiger partial charge in [0.05, 0.1) is 10.6 Å². The summed E-state index contributed by atoms with van der Waals surface area (Å²) in [4.78, 5) is 14.5. The summed E-state index contributed by atoms with van der Waals surface area (Å²) in [6.45, 7) is 3.98. The van der Waals surface area contributed by atoms with E-state index in [9.17, 15) is 9.18 Å². The molecule has 1 saturated heterocycles. The average Bonchev–Trinajstić information content (AvgIpc) is 2.79. The Hall–Kier alpha value is -2.40. The number of nitrogens with zero attached hydrogens (tertiary/aromatic N) is 1. The topological polar surface area (TPSA) is 44.2 Å². The van der Waals surface area contributed by atoms with Crippen LogP contribution < -0.4 is 4.90 Å². The zero-order valence-electron chi connectivity index (χ0n) is 12.8. The van der Waals surface area contributed by atoms with Gasteiger partial charge in [0.25, 0.3) is 5.91 Å². The third kappa shape index (κ3) is 3.05. The number of nitrogens with one attached hydrogen (secondary N) is 1. The van der Waals surface area contributed by atoms with Gasteiger partial charge in [-0.15, -0.1) is 0 Å². The molecule has 1 fully saturated rings. The van der Waals surface area contributed by atoms with Crippen LogP contribution in [0.25, 0.3) is 6.08 Å². The van der Waals surface area contributed by atoms with Crippen LogP contribution in [-0.4, -0.2) is 11.1 Å². The lowest BCUT2D eigenvalue weighted by atomic mass is 10.1. The molecule has 1 amide bonds. The summed E-state index contributed by atoms with van der Waals surface area (Å²) in [5.41, 5.74) is 3.64. The van der Waals surface area contributed by atoms with E-state index in [-0.39, 0.29) is 16.9 Å². The standard InChI is InChI=1S/C18H15FN2OS/c1-11-3-8-15(9-12(11)2)21-17(22)16(23-18(21)20)10-13-4-6-14(19)7-5-13/h3-10,20H,1-2H3/b16-10+,20-18?. The Morgan fingerprint density at radius 1 is 1.09 bits per heavy atom. The molecule has 0 aliphatic carbocycles. The third-order valence-corrected chi connectivity index (χ3v) is 4.63. The van der Waals surface area contributed by atoms with Gasteiger partial charge in [0.1, 0.15) is 5.82 Å². The molecule has 0 atom stereocenters. The van der Waals surface area contributed by atoms with E-state index in [1.54, 1.807) is 18.2 Å². The van der Waals surface area contributed by atoms with E-state index in [0.717, 1.165) is 28.5 Å². The highest BCUT2D eigenvalue weighted by Crippen LogP contribution is 2.35. The van der Waals surface area contributed by atoms with Crippen molar-refractivity contribution in [3.8, 4) is 0 Å². The number of hydrogen-bond donors (Lipinski definition) is 1. The van der Waals surface area contributed by atoms with E-state index in [1.807, 2.05) is 32.0 Å². The summed E-state index contributed by atoms with van der Waals surface area (Å²) in [7, 11) is 0. The lowest BCUT2D eigenvalue weighted by molar-refractivity contribution is -0.113. The Labute approximate surface area is 138 Å². The molecule has 0 bridgehead atoms. The summed E-state index contributed by atoms with van der Waals surface area (Å²) in [5.74, 6) is -0.547. The molecule has 3 rings (SSSR count). The first-order valence-corrected chi connectivity index (χ1v) is 7.93. The predicted molar refractivity (Wildman–Crippen MR) is 93.1 cm³/mol. The van der Waals surface area contributed by atoms with Gasteiger partial charge in [0, 0.05) is 0 Å². The Morgan fingerprint density at radius 3 is 2.43 bits per heavy atom. The second kappa shape index (κ2) is 6.01. The summed E-state index contributed by atoms with van der Waals surface area (Å²) in [6.07, 6.45) is 1.68. The van der Waals surface area contributed by atoms with Crippen molar-refractivity contribution in [2.45, 2.75) is 13.8 Å². The molecule has 3 nitrogen and oxygen atoms in total. The monoisotopic (exact) mass is 326 g/mol. The van der Waals surface area contributed by atoms with Crippen molar-refractivity contribution < 1.29 is 9.18 Å². The van der Waals surface area contributed by atoms with Crippen molar-refractivity contribution in [3.05, 3.63) is 69.9 Å². The van der Waals surface area contributed by atoms with Crippen LogP contribution >= 0.6 is 11.8 Å². The number of hydrogen-bond acceptors (Lipinski definition) is 3. The molecule has 0 saturated carbocycles. The molecule has 2 aromatic carbocycles. The fraction of sp³-hybridized carbons (Fsp3) is 0.111. The number of benzene rings is 2. The SMILES string of the molecule is Cc1ccc(N2C(=N)S/C(=C/c3ccc(F)cc3)C2=O)cc1C. The molecule has 0 spiro atoms. The third-order valence-electron chi connectivity index (χ3n) is 3.74. The number of aryl methyl sites for hydroxylation is 2. The number of rotatable bonds is 2. The fourth-order valence-electron chi connectivity index (χ4n) is 2.30. The number of amides is 1. The molecule has 2 aromatic rings. The van der Waals surface area contributed by atoms with E-state index >= 15 is 0 Å². The highest BCUT2D eigenvalue weighted by molar-refractivity contribution is 8.19. The van der Waals surface area contributed by atoms with E-state index in [4.69, 9.17) is 5.41 Å². The molecule has 1 aliphatic rings. The molecule has 23 heavy (non-hydrogen) atoms. The zero-order valence-corrected chi connectivity index (χ0v) is 13.6. The van der Waals surface area contributed by atoms with Gasteiger partial charge in [0.15, 0.2) is 5.17 Å². The molecular formula is C18H15FN2OS. The van der Waals surface area contributed by atoms with Gasteiger partial charge in [0.2, 0.25) is 0 Å². The van der Waals surface area contributed by atoms with Gasteiger partial charge in [-0.1, -0.05) is 18.2 Å². The number of amidine groups is 1. The summed E-state index contributed by atoms with van der Waals surface area (Å²) in [5, 5.41) is 8.27. The van der Waals surface area contributed by atoms with Crippen LogP contribution in [0.5, 0.6) is 0 Å². The van der Waals surface area contributed by atoms with Gasteiger partial charge >= 0.3 is 0 Å². The Kier molecular flexibility index (Phi) is 4.05. The van der Waals surface area contributed by atoms with Crippen LogP contribution in [-0.2, 0) is 4.79 Å². The van der Waals surface area contributed by atoms with Crippen LogP contribution in [0.1, 0.15) is 16.7 Å². The normalized spacial score (nSPS) is 16.5. The molecule has 0 radical (unpaired) electrons. The van der Waals surface area contributed by atoms with Crippen molar-refractivity contribution >= 4 is 34.6 Å². The molecule has 0 unspecified atom stereocenters. The van der Waals surface area contributed by atoms with E-state index < -0.39 is 0 Å². The van der Waals surface area contributed by atoms with Crippen LogP contribution in [0.3, 0.4) is 0 Å². The largest absolute Gasteiger partial charge is 0.278 e. The zero-order chi connectivity index (χ0) is 16.6. The molecule has 1 N–H and O–H groups in total. The van der Waals surface area contributed by atoms with E-state index in [2.05, 4.69) is 0 Å². The highest BCUT2D eigenvalue weighted by atomic mass is 32.2. The number of carbonyl (C=O) groups is 1. The first kappa shape index (κ1) is 15.5. The van der Waals surface area contributed by atoms with Gasteiger partial charge in [-0.25, -0.2) is 4.39 Å². The van der Waals surface area contributed by atoms with E-state index in [0.29, 0.717) is 10.6 Å². The van der Waals surface area contributed by atoms with Crippen LogP contribution in [0.15, 0.2) is 47.4 Å². The second-order valence-corrected chi connectivity index (χ2v) is 6.41. The smallest absolute Gasteiger partial charge is 0.271 e. The van der Waals surface area contributed by atoms with Crippen molar-refractivity contribution in [2.24, 2.45) is 0 Å². The van der Waals surface area contributed by atoms with E-state index in [1.165, 1.54) is 17.0 Å². The molecular weight excluding hydrogens is 311 g/mol. The molecule has 1 aliphatic heterocycles. The molecule has 5 heteroatoms. The maximum atomic E-state index is 13.0. The van der Waals surface area contributed by atoms with Crippen molar-refractivity contribution in [2.75, 3.05) is 4.90 Å². The lowest BCUT2D eigenvalue weighted by Crippen LogP contribution is -2.28. The van der Waals surface area contributed by atoms with Crippen molar-refractivity contribution in [1.29, 1.82) is 5.41 Å². The quantitative estimate of drug-likeness (QED) is 0.826. The number of anilines is 1. The summed E-state index contributed by atoms with van der Waals surface area (Å²) >= 11 is 1.11. The van der Waals surface area contributed by atoms with Crippen LogP contribution in [0, 0.1) is 25.1 Å². The first-order chi connectivity index (χ1) is 11.0. The number of thioether (sulfide) groups is 1. The minimum atomic E-state index is -0.318. The molecule has 0 aromatic heterocycles. The predicted octanol–water partition coefficient (Wildman–Crippen LogP) is 4.50. The van der Waals surface area contributed by atoms with Gasteiger partial charge < -0.3 is 0 Å². The Balaban J connectivity index is 1.93. The van der Waals surface area contributed by atoms with Gasteiger partial charge in [-0.3, -0.25) is 15.1 Å². The number of halogens is 1. The lowest BCUT2D eigenvalue weighted by Gasteiger charge is -2.15. The average molecular weight is 326 g/mol. The van der Waals surface area contributed by atoms with Crippen molar-refractivity contribution in [3.63, 3.8) is 0 Å². The minimum absolute atomic E-state index is 0.173.